The number of carbonyl (C=O) groups is 2. The molecule has 0 saturated carbocycles. The maximum Gasteiger partial charge on any atom is 0.321 e. The zero-order chi connectivity index (χ0) is 20.1. The predicted molar refractivity (Wildman–Crippen MR) is 110 cm³/mol. The smallest absolute Gasteiger partial charge is 0.321 e. The lowest BCUT2D eigenvalue weighted by molar-refractivity contribution is -0.141. The quantitative estimate of drug-likeness (QED) is 0.206. The first-order valence-corrected chi connectivity index (χ1v) is 8.88. The van der Waals surface area contributed by atoms with Crippen LogP contribution in [0, 0.1) is 0 Å². The molecule has 0 aliphatic rings. The number of benzene rings is 1. The van der Waals surface area contributed by atoms with E-state index < -0.39 is 17.9 Å². The second kappa shape index (κ2) is 12.8. The van der Waals surface area contributed by atoms with Gasteiger partial charge in [-0.1, -0.05) is 12.1 Å². The van der Waals surface area contributed by atoms with Crippen molar-refractivity contribution in [2.75, 3.05) is 37.4 Å². The molecular formula is C18H26N4O4S. The Morgan fingerprint density at radius 2 is 2.04 bits per heavy atom. The number of hydrogen-bond donors (Lipinski definition) is 5. The maximum absolute atomic E-state index is 12.2. The Labute approximate surface area is 164 Å². The summed E-state index contributed by atoms with van der Waals surface area (Å²) in [6.45, 7) is 5.11. The van der Waals surface area contributed by atoms with Gasteiger partial charge in [-0.2, -0.15) is 0 Å². The van der Waals surface area contributed by atoms with Crippen LogP contribution in [-0.2, 0) is 14.3 Å². The Kier molecular flexibility index (Phi) is 10.7. The monoisotopic (exact) mass is 394 g/mol. The van der Waals surface area contributed by atoms with Crippen molar-refractivity contribution in [3.8, 4) is 0 Å². The molecule has 0 radical (unpaired) electrons. The molecule has 27 heavy (non-hydrogen) atoms. The Balaban J connectivity index is 2.56. The number of hydrogen-bond acceptors (Lipinski definition) is 5. The number of amides is 1. The lowest BCUT2D eigenvalue weighted by atomic mass is 10.2. The molecule has 1 rings (SSSR count). The van der Waals surface area contributed by atoms with E-state index in [-0.39, 0.29) is 6.42 Å². The largest absolute Gasteiger partial charge is 0.480 e. The number of nitrogens with one attached hydrogen (secondary N) is 4. The first-order chi connectivity index (χ1) is 13.0. The van der Waals surface area contributed by atoms with E-state index in [1.54, 1.807) is 37.5 Å². The van der Waals surface area contributed by atoms with Crippen LogP contribution in [0.2, 0.25) is 0 Å². The van der Waals surface area contributed by atoms with Gasteiger partial charge >= 0.3 is 5.97 Å². The Bertz CT molecular complexity index is 654. The van der Waals surface area contributed by atoms with Crippen molar-refractivity contribution in [3.63, 3.8) is 0 Å². The third-order valence-electron chi connectivity index (χ3n) is 3.41. The Morgan fingerprint density at radius 1 is 1.33 bits per heavy atom. The summed E-state index contributed by atoms with van der Waals surface area (Å²) in [5.41, 5.74) is 1.24. The molecule has 0 saturated heterocycles. The molecule has 1 aromatic rings. The van der Waals surface area contributed by atoms with Gasteiger partial charge in [-0.15, -0.1) is 6.58 Å². The van der Waals surface area contributed by atoms with Gasteiger partial charge in [0.25, 0.3) is 0 Å². The Hall–Kier alpha value is -2.49. The topological polar surface area (TPSA) is 112 Å². The number of anilines is 2. The van der Waals surface area contributed by atoms with Gasteiger partial charge in [-0.05, 0) is 43.4 Å². The van der Waals surface area contributed by atoms with E-state index in [4.69, 9.17) is 17.0 Å². The summed E-state index contributed by atoms with van der Waals surface area (Å²) in [6, 6.07) is 6.02. The minimum atomic E-state index is -1.07. The fourth-order valence-electron chi connectivity index (χ4n) is 2.15. The minimum absolute atomic E-state index is 0.181. The third kappa shape index (κ3) is 9.69. The number of thiocarbonyl (C=S) groups is 1. The molecule has 0 spiro atoms. The SMILES string of the molecule is C=CCNC(=S)Nc1cccc(NC(=O)CC(NCCCOC)C(=O)O)c1. The number of carboxylic acid groups (broad SMARTS) is 1. The van der Waals surface area contributed by atoms with E-state index in [1.807, 2.05) is 0 Å². The van der Waals surface area contributed by atoms with E-state index in [2.05, 4.69) is 27.8 Å². The number of methoxy groups -OCH3 is 1. The van der Waals surface area contributed by atoms with E-state index in [0.29, 0.717) is 42.6 Å². The maximum atomic E-state index is 12.2. The molecule has 8 nitrogen and oxygen atoms in total. The number of rotatable bonds is 12. The molecule has 9 heteroatoms. The average Bonchev–Trinajstić information content (AvgIpc) is 2.62. The van der Waals surface area contributed by atoms with Gasteiger partial charge in [0.15, 0.2) is 5.11 Å². The van der Waals surface area contributed by atoms with Crippen LogP contribution in [0.1, 0.15) is 12.8 Å². The van der Waals surface area contributed by atoms with E-state index in [9.17, 15) is 14.7 Å². The summed E-state index contributed by atoms with van der Waals surface area (Å²) in [6.07, 6.45) is 2.17. The highest BCUT2D eigenvalue weighted by Crippen LogP contribution is 2.15. The number of aliphatic carboxylic acids is 1. The van der Waals surface area contributed by atoms with Crippen molar-refractivity contribution in [3.05, 3.63) is 36.9 Å². The van der Waals surface area contributed by atoms with Crippen LogP contribution in [0.3, 0.4) is 0 Å². The van der Waals surface area contributed by atoms with Gasteiger partial charge in [-0.25, -0.2) is 0 Å². The molecule has 1 atom stereocenters. The molecule has 0 aromatic heterocycles. The van der Waals surface area contributed by atoms with Crippen molar-refractivity contribution in [1.29, 1.82) is 0 Å². The van der Waals surface area contributed by atoms with Gasteiger partial charge in [0.1, 0.15) is 6.04 Å². The van der Waals surface area contributed by atoms with Gasteiger partial charge in [0.2, 0.25) is 5.91 Å². The number of carboxylic acids is 1. The normalized spacial score (nSPS) is 11.3. The molecule has 1 amide bonds. The number of ether oxygens (including phenoxy) is 1. The van der Waals surface area contributed by atoms with Crippen molar-refractivity contribution >= 4 is 40.6 Å². The zero-order valence-corrected chi connectivity index (χ0v) is 16.1. The molecule has 5 N–H and O–H groups in total. The van der Waals surface area contributed by atoms with Crippen LogP contribution in [-0.4, -0.2) is 54.9 Å². The van der Waals surface area contributed by atoms with Gasteiger partial charge < -0.3 is 31.1 Å². The third-order valence-corrected chi connectivity index (χ3v) is 3.66. The lowest BCUT2D eigenvalue weighted by Crippen LogP contribution is -2.40. The number of carbonyl (C=O) groups excluding carboxylic acids is 1. The molecule has 0 heterocycles. The molecule has 1 aromatic carbocycles. The van der Waals surface area contributed by atoms with E-state index in [1.165, 1.54) is 0 Å². The molecule has 0 bridgehead atoms. The second-order valence-corrected chi connectivity index (χ2v) is 6.06. The predicted octanol–water partition coefficient (Wildman–Crippen LogP) is 1.57. The highest BCUT2D eigenvalue weighted by molar-refractivity contribution is 7.80. The molecule has 148 valence electrons. The van der Waals surface area contributed by atoms with E-state index >= 15 is 0 Å². The zero-order valence-electron chi connectivity index (χ0n) is 15.3. The first kappa shape index (κ1) is 22.6. The minimum Gasteiger partial charge on any atom is -0.480 e. The fourth-order valence-corrected chi connectivity index (χ4v) is 2.35. The summed E-state index contributed by atoms with van der Waals surface area (Å²) in [7, 11) is 1.58. The van der Waals surface area contributed by atoms with Crippen LogP contribution < -0.4 is 21.3 Å². The highest BCUT2D eigenvalue weighted by atomic mass is 32.1. The molecule has 0 aliphatic heterocycles. The van der Waals surface area contributed by atoms with Crippen LogP contribution in [0.5, 0.6) is 0 Å². The second-order valence-electron chi connectivity index (χ2n) is 5.65. The van der Waals surface area contributed by atoms with Crippen LogP contribution in [0.15, 0.2) is 36.9 Å². The molecule has 1 unspecified atom stereocenters. The van der Waals surface area contributed by atoms with Crippen LogP contribution >= 0.6 is 12.2 Å². The summed E-state index contributed by atoms with van der Waals surface area (Å²) >= 11 is 5.14. The highest BCUT2D eigenvalue weighted by Gasteiger charge is 2.20. The molecule has 0 aliphatic carbocycles. The van der Waals surface area contributed by atoms with E-state index in [0.717, 1.165) is 0 Å². The molecular weight excluding hydrogens is 368 g/mol. The van der Waals surface area contributed by atoms with Crippen LogP contribution in [0.25, 0.3) is 0 Å². The fraction of sp³-hybridized carbons (Fsp3) is 0.389. The summed E-state index contributed by atoms with van der Waals surface area (Å²) < 4.78 is 4.91. The first-order valence-electron chi connectivity index (χ1n) is 8.47. The van der Waals surface area contributed by atoms with Crippen molar-refractivity contribution < 1.29 is 19.4 Å². The van der Waals surface area contributed by atoms with Crippen molar-refractivity contribution in [1.82, 2.24) is 10.6 Å². The summed E-state index contributed by atoms with van der Waals surface area (Å²) in [4.78, 5) is 23.5. The lowest BCUT2D eigenvalue weighted by Gasteiger charge is -2.15. The van der Waals surface area contributed by atoms with Gasteiger partial charge in [-0.3, -0.25) is 9.59 Å². The summed E-state index contributed by atoms with van der Waals surface area (Å²) in [5.74, 6) is -1.47. The van der Waals surface area contributed by atoms with Gasteiger partial charge in [0, 0.05) is 31.6 Å². The standard InChI is InChI=1S/C18H26N4O4S/c1-3-8-20-18(27)22-14-7-4-6-13(11-14)21-16(23)12-15(17(24)25)19-9-5-10-26-2/h3-4,6-7,11,15,19H,1,5,8-10,12H2,2H3,(H,21,23)(H,24,25)(H2,20,22,27). The summed E-state index contributed by atoms with van der Waals surface area (Å²) in [5, 5.41) is 21.2. The average molecular weight is 394 g/mol. The molecule has 0 fully saturated rings. The van der Waals surface area contributed by atoms with Crippen molar-refractivity contribution in [2.24, 2.45) is 0 Å². The van der Waals surface area contributed by atoms with Crippen molar-refractivity contribution in [2.45, 2.75) is 18.9 Å². The Morgan fingerprint density at radius 3 is 2.67 bits per heavy atom. The van der Waals surface area contributed by atoms with Gasteiger partial charge in [0.05, 0.1) is 6.42 Å². The van der Waals surface area contributed by atoms with Crippen LogP contribution in [0.4, 0.5) is 11.4 Å².